The van der Waals surface area contributed by atoms with Gasteiger partial charge in [-0.05, 0) is 81.1 Å². The van der Waals surface area contributed by atoms with Crippen molar-refractivity contribution >= 4 is 23.6 Å². The van der Waals surface area contributed by atoms with Crippen LogP contribution < -0.4 is 5.32 Å². The number of aliphatic hydroxyl groups is 1. The number of aromatic hydroxyl groups is 1. The average molecular weight is 696 g/mol. The maximum Gasteiger partial charge on any atom is 0.303 e. The lowest BCUT2D eigenvalue weighted by Crippen LogP contribution is -2.31. The van der Waals surface area contributed by atoms with E-state index in [2.05, 4.69) is 20.8 Å². The minimum atomic E-state index is -0.914. The lowest BCUT2D eigenvalue weighted by molar-refractivity contribution is -0.245. The van der Waals surface area contributed by atoms with Crippen molar-refractivity contribution in [3.8, 4) is 22.6 Å². The van der Waals surface area contributed by atoms with Gasteiger partial charge in [0, 0.05) is 37.1 Å². The third-order valence-corrected chi connectivity index (χ3v) is 9.30. The van der Waals surface area contributed by atoms with Gasteiger partial charge in [0.15, 0.2) is 6.29 Å². The lowest BCUT2D eigenvalue weighted by Gasteiger charge is -2.36. The number of carboxylic acid groups (broad SMARTS) is 1. The van der Waals surface area contributed by atoms with E-state index in [1.54, 1.807) is 28.9 Å². The van der Waals surface area contributed by atoms with E-state index in [1.165, 1.54) is 11.8 Å². The number of nitrogens with one attached hydrogen (secondary N) is 1. The fourth-order valence-corrected chi connectivity index (χ4v) is 6.54. The topological polar surface area (TPSA) is 169 Å². The first-order valence-electron chi connectivity index (χ1n) is 16.2. The number of aromatic nitrogens is 4. The number of carboxylic acids is 1. The predicted octanol–water partition coefficient (Wildman–Crippen LogP) is 5.74. The molecule has 1 amide bonds. The minimum absolute atomic E-state index is 0.0364. The van der Waals surface area contributed by atoms with Crippen molar-refractivity contribution in [1.82, 2.24) is 25.5 Å². The molecular weight excluding hydrogens is 659 g/mol. The number of hydrogen-bond acceptors (Lipinski definition) is 10. The molecule has 5 aromatic rings. The molecular formula is C37H37N5O7S. The summed E-state index contributed by atoms with van der Waals surface area (Å²) >= 11 is 1.47. The Bertz CT molecular complexity index is 1900. The van der Waals surface area contributed by atoms with Crippen LogP contribution in [0.3, 0.4) is 0 Å². The molecule has 0 spiro atoms. The zero-order chi connectivity index (χ0) is 34.9. The molecule has 258 valence electrons. The van der Waals surface area contributed by atoms with E-state index in [0.717, 1.165) is 39.1 Å². The molecule has 0 radical (unpaired) electrons. The highest BCUT2D eigenvalue weighted by Crippen LogP contribution is 2.40. The average Bonchev–Trinajstić information content (AvgIpc) is 3.62. The quantitative estimate of drug-likeness (QED) is 0.105. The highest BCUT2D eigenvalue weighted by Gasteiger charge is 2.33. The van der Waals surface area contributed by atoms with E-state index >= 15 is 0 Å². The number of rotatable bonds is 14. The van der Waals surface area contributed by atoms with Crippen molar-refractivity contribution in [2.45, 2.75) is 62.5 Å². The van der Waals surface area contributed by atoms with Crippen LogP contribution in [0.1, 0.15) is 60.3 Å². The molecule has 0 saturated carbocycles. The van der Waals surface area contributed by atoms with E-state index in [9.17, 15) is 19.8 Å². The summed E-state index contributed by atoms with van der Waals surface area (Å²) in [7, 11) is 0. The molecule has 0 bridgehead atoms. The Morgan fingerprint density at radius 2 is 1.64 bits per heavy atom. The second-order valence-corrected chi connectivity index (χ2v) is 12.9. The number of carbonyl (C=O) groups excluding carboxylic acids is 1. The third-order valence-electron chi connectivity index (χ3n) is 8.25. The Morgan fingerprint density at radius 3 is 2.40 bits per heavy atom. The van der Waals surface area contributed by atoms with Gasteiger partial charge in [-0.15, -0.1) is 5.10 Å². The molecule has 4 aromatic carbocycles. The smallest absolute Gasteiger partial charge is 0.303 e. The Hall–Kier alpha value is -5.08. The first-order valence-corrected chi connectivity index (χ1v) is 17.2. The van der Waals surface area contributed by atoms with Gasteiger partial charge in [0.25, 0.3) is 0 Å². The summed E-state index contributed by atoms with van der Waals surface area (Å²) in [5.74, 6) is -0.394. The molecule has 0 unspecified atom stereocenters. The van der Waals surface area contributed by atoms with Crippen LogP contribution in [0.5, 0.6) is 5.75 Å². The molecule has 4 N–H and O–H groups in total. The monoisotopic (exact) mass is 695 g/mol. The summed E-state index contributed by atoms with van der Waals surface area (Å²) in [6, 6.07) is 30.3. The molecule has 50 heavy (non-hydrogen) atoms. The zero-order valence-corrected chi connectivity index (χ0v) is 27.9. The summed E-state index contributed by atoms with van der Waals surface area (Å²) in [6.07, 6.45) is -0.150. The van der Waals surface area contributed by atoms with Crippen molar-refractivity contribution in [2.24, 2.45) is 0 Å². The van der Waals surface area contributed by atoms with Crippen LogP contribution in [-0.2, 0) is 32.2 Å². The van der Waals surface area contributed by atoms with E-state index < -0.39 is 12.3 Å². The molecule has 12 nitrogen and oxygen atoms in total. The number of phenolic OH excluding ortho intramolecular Hbond substituents is 1. The summed E-state index contributed by atoms with van der Waals surface area (Å²) < 4.78 is 14.8. The van der Waals surface area contributed by atoms with Crippen LogP contribution >= 0.6 is 11.8 Å². The number of ether oxygens (including phenoxy) is 2. The number of aliphatic carboxylic acids is 1. The second kappa shape index (κ2) is 16.5. The van der Waals surface area contributed by atoms with Gasteiger partial charge in [-0.3, -0.25) is 9.59 Å². The maximum atomic E-state index is 12.2. The number of thioether (sulfide) groups is 1. The maximum absolute atomic E-state index is 12.2. The molecule has 3 atom stereocenters. The summed E-state index contributed by atoms with van der Waals surface area (Å²) in [5.41, 5.74) is 6.21. The lowest BCUT2D eigenvalue weighted by atomic mass is 9.99. The Labute approximate surface area is 293 Å². The van der Waals surface area contributed by atoms with Gasteiger partial charge < -0.3 is 30.1 Å². The number of aliphatic hydroxyl groups excluding tert-OH is 1. The molecule has 13 heteroatoms. The van der Waals surface area contributed by atoms with Gasteiger partial charge in [-0.1, -0.05) is 72.4 Å². The molecule has 6 rings (SSSR count). The Morgan fingerprint density at radius 1 is 0.880 bits per heavy atom. The molecule has 0 aliphatic carbocycles. The normalized spacial score (nSPS) is 17.3. The van der Waals surface area contributed by atoms with Crippen LogP contribution in [0.4, 0.5) is 0 Å². The summed E-state index contributed by atoms with van der Waals surface area (Å²) in [4.78, 5) is 22.9. The Kier molecular flexibility index (Phi) is 11.5. The number of carbonyl (C=O) groups is 2. The highest BCUT2D eigenvalue weighted by atomic mass is 32.2. The van der Waals surface area contributed by atoms with Gasteiger partial charge >= 0.3 is 5.97 Å². The fraction of sp³-hybridized carbons (Fsp3) is 0.270. The SMILES string of the molecule is O=C(O)CCCC(=O)NCc1cccc(-c2cccc([C@H]3O[C@@H](CSc4nnnn4-c4ccc(O)cc4)C[C@@H](c4ccc(CO)cc4)O3)c2)c1. The van der Waals surface area contributed by atoms with Crippen LogP contribution in [0.2, 0.25) is 0 Å². The molecule has 1 fully saturated rings. The summed E-state index contributed by atoms with van der Waals surface area (Å²) in [5, 5.41) is 43.7. The van der Waals surface area contributed by atoms with Crippen LogP contribution in [0.25, 0.3) is 16.8 Å². The molecule has 1 saturated heterocycles. The summed E-state index contributed by atoms with van der Waals surface area (Å²) in [6.45, 7) is 0.292. The van der Waals surface area contributed by atoms with Crippen molar-refractivity contribution in [1.29, 1.82) is 0 Å². The number of amides is 1. The zero-order valence-electron chi connectivity index (χ0n) is 27.1. The van der Waals surface area contributed by atoms with E-state index in [1.807, 2.05) is 72.8 Å². The number of benzene rings is 4. The molecule has 2 heterocycles. The van der Waals surface area contributed by atoms with Gasteiger partial charge in [0.2, 0.25) is 11.1 Å². The number of hydrogen-bond donors (Lipinski definition) is 4. The first kappa shape index (κ1) is 34.8. The van der Waals surface area contributed by atoms with Crippen molar-refractivity contribution in [3.05, 3.63) is 119 Å². The molecule has 1 aliphatic rings. The van der Waals surface area contributed by atoms with Crippen LogP contribution in [0.15, 0.2) is 102 Å². The second-order valence-electron chi connectivity index (χ2n) is 11.9. The fourth-order valence-electron chi connectivity index (χ4n) is 5.63. The van der Waals surface area contributed by atoms with Crippen molar-refractivity contribution in [2.75, 3.05) is 5.75 Å². The van der Waals surface area contributed by atoms with E-state index in [-0.39, 0.29) is 43.3 Å². The molecule has 1 aromatic heterocycles. The predicted molar refractivity (Wildman–Crippen MR) is 185 cm³/mol. The first-order chi connectivity index (χ1) is 24.3. The van der Waals surface area contributed by atoms with Crippen molar-refractivity contribution in [3.63, 3.8) is 0 Å². The van der Waals surface area contributed by atoms with Gasteiger partial charge in [-0.2, -0.15) is 4.68 Å². The minimum Gasteiger partial charge on any atom is -0.508 e. The van der Waals surface area contributed by atoms with Gasteiger partial charge in [0.1, 0.15) is 5.75 Å². The Balaban J connectivity index is 1.18. The highest BCUT2D eigenvalue weighted by molar-refractivity contribution is 7.99. The third kappa shape index (κ3) is 9.12. The standard InChI is InChI=1S/C37H37N5O7S/c43-22-24-10-12-26(13-11-24)33-20-32(23-50-37-39-40-41-42(37)30-14-16-31(44)17-15-30)48-36(49-33)29-7-2-6-28(19-29)27-5-1-4-25(18-27)21-38-34(45)8-3-9-35(46)47/h1-2,4-7,10-19,32-33,36,43-44H,3,8-9,20-23H2,(H,38,45)(H,46,47)/t32-,33+,36+/m1/s1. The van der Waals surface area contributed by atoms with Gasteiger partial charge in [-0.25, -0.2) is 0 Å². The number of nitrogens with zero attached hydrogens (tertiary/aromatic N) is 4. The number of phenols is 1. The van der Waals surface area contributed by atoms with E-state index in [0.29, 0.717) is 30.3 Å². The van der Waals surface area contributed by atoms with Crippen molar-refractivity contribution < 1.29 is 34.4 Å². The largest absolute Gasteiger partial charge is 0.508 e. The van der Waals surface area contributed by atoms with Crippen LogP contribution in [0, 0.1) is 0 Å². The number of tetrazole rings is 1. The van der Waals surface area contributed by atoms with E-state index in [4.69, 9.17) is 14.6 Å². The molecule has 1 aliphatic heterocycles. The van der Waals surface area contributed by atoms with Crippen LogP contribution in [-0.4, -0.2) is 59.3 Å². The van der Waals surface area contributed by atoms with Gasteiger partial charge in [0.05, 0.1) is 24.5 Å².